The van der Waals surface area contributed by atoms with E-state index in [1.54, 1.807) is 37.3 Å². The average Bonchev–Trinajstić information content (AvgIpc) is 2.70. The second kappa shape index (κ2) is 8.16. The molecular formula is C20H25NO6. The Morgan fingerprint density at radius 1 is 0.889 bits per heavy atom. The molecule has 2 rings (SSSR count). The molecule has 0 N–H and O–H groups in total. The normalized spacial score (nSPS) is 15.0. The first kappa shape index (κ1) is 20.4. The molecule has 1 aliphatic heterocycles. The molecule has 0 aromatic heterocycles. The number of rotatable bonds is 5. The number of hydrogen-bond donors (Lipinski definition) is 0. The molecule has 146 valence electrons. The van der Waals surface area contributed by atoms with Crippen LogP contribution in [-0.2, 0) is 19.1 Å². The Hall–Kier alpha value is -2.96. The number of carbonyl (C=O) groups excluding carboxylic acids is 2. The number of allylic oxidation sites excluding steroid dienone is 2. The molecule has 1 aromatic carbocycles. The highest BCUT2D eigenvalue weighted by Gasteiger charge is 2.40. The van der Waals surface area contributed by atoms with E-state index in [9.17, 15) is 9.59 Å². The summed E-state index contributed by atoms with van der Waals surface area (Å²) in [7, 11) is 7.49. The molecule has 0 bridgehead atoms. The van der Waals surface area contributed by atoms with Crippen molar-refractivity contribution in [2.24, 2.45) is 0 Å². The first-order valence-corrected chi connectivity index (χ1v) is 8.36. The molecule has 0 spiro atoms. The van der Waals surface area contributed by atoms with Gasteiger partial charge < -0.3 is 23.8 Å². The highest BCUT2D eigenvalue weighted by molar-refractivity contribution is 6.00. The van der Waals surface area contributed by atoms with E-state index >= 15 is 0 Å². The second-order valence-electron chi connectivity index (χ2n) is 6.08. The summed E-state index contributed by atoms with van der Waals surface area (Å²) in [5, 5.41) is 0. The van der Waals surface area contributed by atoms with Crippen LogP contribution in [0.25, 0.3) is 0 Å². The van der Waals surface area contributed by atoms with Crippen LogP contribution in [0.15, 0.2) is 40.7 Å². The van der Waals surface area contributed by atoms with Crippen molar-refractivity contribution < 1.29 is 28.5 Å². The zero-order chi connectivity index (χ0) is 20.3. The third-order valence-corrected chi connectivity index (χ3v) is 4.93. The van der Waals surface area contributed by atoms with Gasteiger partial charge in [0, 0.05) is 30.1 Å². The monoisotopic (exact) mass is 375 g/mol. The molecule has 7 heteroatoms. The van der Waals surface area contributed by atoms with Crippen molar-refractivity contribution in [3.8, 4) is 11.5 Å². The predicted molar refractivity (Wildman–Crippen MR) is 99.5 cm³/mol. The summed E-state index contributed by atoms with van der Waals surface area (Å²) in [6.45, 7) is 3.62. The molecule has 0 amide bonds. The molecule has 7 nitrogen and oxygen atoms in total. The van der Waals surface area contributed by atoms with Crippen molar-refractivity contribution in [1.82, 2.24) is 4.90 Å². The minimum Gasteiger partial charge on any atom is -0.497 e. The number of ether oxygens (including phenoxy) is 4. The average molecular weight is 375 g/mol. The Balaban J connectivity index is 2.83. The first-order chi connectivity index (χ1) is 12.8. The summed E-state index contributed by atoms with van der Waals surface area (Å²) in [6, 6.07) is 5.24. The van der Waals surface area contributed by atoms with Crippen LogP contribution < -0.4 is 9.47 Å². The Bertz CT molecular complexity index is 784. The SMILES string of the molecule is COC(=O)C1=C(C)N(C)C(C)=C(C(=O)OC)C1c1ccc(OC)cc1OC. The molecule has 0 saturated heterocycles. The first-order valence-electron chi connectivity index (χ1n) is 8.36. The van der Waals surface area contributed by atoms with Gasteiger partial charge in [-0.1, -0.05) is 6.07 Å². The lowest BCUT2D eigenvalue weighted by molar-refractivity contribution is -0.137. The van der Waals surface area contributed by atoms with Crippen LogP contribution in [0, 0.1) is 0 Å². The lowest BCUT2D eigenvalue weighted by atomic mass is 9.79. The fourth-order valence-electron chi connectivity index (χ4n) is 3.29. The van der Waals surface area contributed by atoms with Gasteiger partial charge in [-0.05, 0) is 19.9 Å². The van der Waals surface area contributed by atoms with Gasteiger partial charge in [0.2, 0.25) is 0 Å². The summed E-state index contributed by atoms with van der Waals surface area (Å²) in [5.74, 6) is -0.634. The van der Waals surface area contributed by atoms with Crippen LogP contribution in [0.5, 0.6) is 11.5 Å². The minimum atomic E-state index is -0.693. The van der Waals surface area contributed by atoms with Crippen molar-refractivity contribution in [2.75, 3.05) is 35.5 Å². The molecule has 0 aliphatic carbocycles. The number of hydrogen-bond acceptors (Lipinski definition) is 7. The van der Waals surface area contributed by atoms with Crippen LogP contribution in [-0.4, -0.2) is 52.3 Å². The van der Waals surface area contributed by atoms with E-state index in [4.69, 9.17) is 18.9 Å². The summed E-state index contributed by atoms with van der Waals surface area (Å²) < 4.78 is 20.8. The third-order valence-electron chi connectivity index (χ3n) is 4.93. The van der Waals surface area contributed by atoms with E-state index in [1.165, 1.54) is 21.3 Å². The predicted octanol–water partition coefficient (Wildman–Crippen LogP) is 2.63. The zero-order valence-electron chi connectivity index (χ0n) is 16.7. The third kappa shape index (κ3) is 3.49. The van der Waals surface area contributed by atoms with E-state index in [0.29, 0.717) is 39.6 Å². The van der Waals surface area contributed by atoms with Crippen molar-refractivity contribution in [2.45, 2.75) is 19.8 Å². The molecule has 0 atom stereocenters. The van der Waals surface area contributed by atoms with Gasteiger partial charge in [-0.2, -0.15) is 0 Å². The Kier molecular flexibility index (Phi) is 6.15. The summed E-state index contributed by atoms with van der Waals surface area (Å²) in [6.07, 6.45) is 0. The fraction of sp³-hybridized carbons (Fsp3) is 0.400. The number of methoxy groups -OCH3 is 4. The molecule has 0 fully saturated rings. The van der Waals surface area contributed by atoms with Crippen LogP contribution in [0.2, 0.25) is 0 Å². The van der Waals surface area contributed by atoms with E-state index < -0.39 is 17.9 Å². The molecule has 0 saturated carbocycles. The Morgan fingerprint density at radius 3 is 1.81 bits per heavy atom. The van der Waals surface area contributed by atoms with Crippen LogP contribution in [0.3, 0.4) is 0 Å². The maximum Gasteiger partial charge on any atom is 0.336 e. The largest absolute Gasteiger partial charge is 0.497 e. The van der Waals surface area contributed by atoms with Crippen LogP contribution in [0.4, 0.5) is 0 Å². The second-order valence-corrected chi connectivity index (χ2v) is 6.08. The summed E-state index contributed by atoms with van der Waals surface area (Å²) in [5.41, 5.74) is 2.74. The van der Waals surface area contributed by atoms with Crippen molar-refractivity contribution >= 4 is 11.9 Å². The van der Waals surface area contributed by atoms with Gasteiger partial charge in [-0.3, -0.25) is 0 Å². The smallest absolute Gasteiger partial charge is 0.336 e. The van der Waals surface area contributed by atoms with E-state index in [1.807, 2.05) is 13.8 Å². The van der Waals surface area contributed by atoms with Crippen molar-refractivity contribution in [3.05, 3.63) is 46.3 Å². The zero-order valence-corrected chi connectivity index (χ0v) is 16.7. The van der Waals surface area contributed by atoms with Crippen LogP contribution >= 0.6 is 0 Å². The van der Waals surface area contributed by atoms with Gasteiger partial charge >= 0.3 is 11.9 Å². The lowest BCUT2D eigenvalue weighted by Gasteiger charge is -2.35. The topological polar surface area (TPSA) is 74.3 Å². The number of nitrogens with zero attached hydrogens (tertiary/aromatic N) is 1. The van der Waals surface area contributed by atoms with E-state index in [0.717, 1.165) is 0 Å². The summed E-state index contributed by atoms with van der Waals surface area (Å²) in [4.78, 5) is 27.1. The lowest BCUT2D eigenvalue weighted by Crippen LogP contribution is -2.33. The molecule has 0 unspecified atom stereocenters. The molecular weight excluding hydrogens is 350 g/mol. The molecule has 27 heavy (non-hydrogen) atoms. The van der Waals surface area contributed by atoms with Crippen molar-refractivity contribution in [1.29, 1.82) is 0 Å². The quantitative estimate of drug-likeness (QED) is 0.733. The van der Waals surface area contributed by atoms with Gasteiger partial charge in [0.05, 0.1) is 45.5 Å². The van der Waals surface area contributed by atoms with Gasteiger partial charge in [0.1, 0.15) is 11.5 Å². The number of benzene rings is 1. The van der Waals surface area contributed by atoms with Crippen molar-refractivity contribution in [3.63, 3.8) is 0 Å². The Labute approximate surface area is 159 Å². The van der Waals surface area contributed by atoms with Gasteiger partial charge in [-0.25, -0.2) is 9.59 Å². The van der Waals surface area contributed by atoms with E-state index in [2.05, 4.69) is 0 Å². The van der Waals surface area contributed by atoms with Gasteiger partial charge in [0.15, 0.2) is 0 Å². The molecule has 1 aromatic rings. The standard InChI is InChI=1S/C20H25NO6/c1-11-16(19(22)26-6)18(17(20(23)27-7)12(2)21(11)3)14-9-8-13(24-4)10-15(14)25-5/h8-10,18H,1-7H3. The highest BCUT2D eigenvalue weighted by atomic mass is 16.5. The van der Waals surface area contributed by atoms with Gasteiger partial charge in [-0.15, -0.1) is 0 Å². The minimum absolute atomic E-state index is 0.356. The highest BCUT2D eigenvalue weighted by Crippen LogP contribution is 2.45. The summed E-state index contributed by atoms with van der Waals surface area (Å²) >= 11 is 0. The maximum absolute atomic E-state index is 12.6. The number of carbonyl (C=O) groups is 2. The molecule has 1 heterocycles. The number of esters is 2. The maximum atomic E-state index is 12.6. The van der Waals surface area contributed by atoms with Gasteiger partial charge in [0.25, 0.3) is 0 Å². The van der Waals surface area contributed by atoms with E-state index in [-0.39, 0.29) is 0 Å². The molecule has 1 aliphatic rings. The Morgan fingerprint density at radius 2 is 1.41 bits per heavy atom. The molecule has 0 radical (unpaired) electrons. The van der Waals surface area contributed by atoms with Crippen LogP contribution in [0.1, 0.15) is 25.3 Å². The fourth-order valence-corrected chi connectivity index (χ4v) is 3.29.